The lowest BCUT2D eigenvalue weighted by Crippen LogP contribution is -1.91. The number of ether oxygens (including phenoxy) is 1. The number of methoxy groups -OCH3 is 1. The average Bonchev–Trinajstić information content (AvgIpc) is 2.80. The highest BCUT2D eigenvalue weighted by atomic mass is 19.1. The molecule has 0 unspecified atom stereocenters. The largest absolute Gasteiger partial charge is 0.496 e. The molecule has 0 saturated heterocycles. The summed E-state index contributed by atoms with van der Waals surface area (Å²) < 4.78 is 23.9. The van der Waals surface area contributed by atoms with Crippen molar-refractivity contribution >= 4 is 6.29 Å². The molecule has 0 N–H and O–H groups in total. The van der Waals surface area contributed by atoms with Gasteiger partial charge in [-0.3, -0.25) is 4.79 Å². The average molecular weight is 234 g/mol. The number of furan rings is 1. The first-order valence-corrected chi connectivity index (χ1v) is 5.05. The van der Waals surface area contributed by atoms with Gasteiger partial charge in [-0.2, -0.15) is 0 Å². The molecule has 0 fully saturated rings. The monoisotopic (exact) mass is 234 g/mol. The number of hydrogen-bond donors (Lipinski definition) is 0. The van der Waals surface area contributed by atoms with Gasteiger partial charge < -0.3 is 9.15 Å². The maximum absolute atomic E-state index is 13.5. The van der Waals surface area contributed by atoms with Crippen molar-refractivity contribution in [1.29, 1.82) is 0 Å². The normalized spacial score (nSPS) is 10.3. The summed E-state index contributed by atoms with van der Waals surface area (Å²) in [5, 5.41) is 0. The van der Waals surface area contributed by atoms with Crippen LogP contribution in [0.5, 0.6) is 5.75 Å². The summed E-state index contributed by atoms with van der Waals surface area (Å²) in [7, 11) is 1.50. The zero-order valence-corrected chi connectivity index (χ0v) is 9.49. The molecule has 1 heterocycles. The topological polar surface area (TPSA) is 39.4 Å². The summed E-state index contributed by atoms with van der Waals surface area (Å²) in [4.78, 5) is 10.5. The highest BCUT2D eigenvalue weighted by molar-refractivity contribution is 5.74. The van der Waals surface area contributed by atoms with E-state index >= 15 is 0 Å². The van der Waals surface area contributed by atoms with Crippen LogP contribution in [0.3, 0.4) is 0 Å². The molecule has 0 amide bonds. The lowest BCUT2D eigenvalue weighted by molar-refractivity contribution is 0.110. The van der Waals surface area contributed by atoms with Crippen LogP contribution in [-0.2, 0) is 0 Å². The molecule has 0 aliphatic carbocycles. The van der Waals surface area contributed by atoms with Crippen LogP contribution in [-0.4, -0.2) is 13.4 Å². The second-order valence-electron chi connectivity index (χ2n) is 3.62. The van der Waals surface area contributed by atoms with Gasteiger partial charge in [0.1, 0.15) is 17.3 Å². The maximum Gasteiger partial charge on any atom is 0.185 e. The summed E-state index contributed by atoms with van der Waals surface area (Å²) in [6.07, 6.45) is 0.598. The Balaban J connectivity index is 2.57. The van der Waals surface area contributed by atoms with Crippen molar-refractivity contribution in [2.75, 3.05) is 7.11 Å². The minimum absolute atomic E-state index is 0.197. The van der Waals surface area contributed by atoms with Crippen molar-refractivity contribution in [3.8, 4) is 17.1 Å². The van der Waals surface area contributed by atoms with Gasteiger partial charge in [0.05, 0.1) is 12.7 Å². The van der Waals surface area contributed by atoms with E-state index in [1.54, 1.807) is 19.1 Å². The molecule has 3 nitrogen and oxygen atoms in total. The Labute approximate surface area is 97.8 Å². The van der Waals surface area contributed by atoms with Gasteiger partial charge in [0.15, 0.2) is 12.0 Å². The molecule has 1 aromatic heterocycles. The summed E-state index contributed by atoms with van der Waals surface area (Å²) >= 11 is 0. The first-order chi connectivity index (χ1) is 8.15. The van der Waals surface area contributed by atoms with Crippen molar-refractivity contribution in [2.24, 2.45) is 0 Å². The highest BCUT2D eigenvalue weighted by Gasteiger charge is 2.13. The molecule has 0 saturated carbocycles. The van der Waals surface area contributed by atoms with Gasteiger partial charge in [-0.15, -0.1) is 0 Å². The van der Waals surface area contributed by atoms with Crippen LogP contribution >= 0.6 is 0 Å². The predicted molar refractivity (Wildman–Crippen MR) is 60.8 cm³/mol. The molecule has 2 rings (SSSR count). The minimum atomic E-state index is -0.343. The maximum atomic E-state index is 13.5. The van der Waals surface area contributed by atoms with E-state index in [4.69, 9.17) is 9.15 Å². The Kier molecular flexibility index (Phi) is 2.95. The van der Waals surface area contributed by atoms with Gasteiger partial charge in [-0.05, 0) is 36.8 Å². The summed E-state index contributed by atoms with van der Waals surface area (Å²) in [6, 6.07) is 6.06. The molecule has 2 aromatic rings. The standard InChI is InChI=1S/C13H11FO3/c1-8-5-13(16-2)10(6-11(8)14)12-4-3-9(7-15)17-12/h3-7H,1-2H3. The van der Waals surface area contributed by atoms with E-state index in [0.29, 0.717) is 28.9 Å². The Bertz CT molecular complexity index is 558. The number of carbonyl (C=O) groups excluding carboxylic acids is 1. The van der Waals surface area contributed by atoms with Crippen LogP contribution in [0.25, 0.3) is 11.3 Å². The van der Waals surface area contributed by atoms with Crippen LogP contribution in [0.1, 0.15) is 16.1 Å². The zero-order chi connectivity index (χ0) is 12.4. The molecule has 0 aliphatic rings. The van der Waals surface area contributed by atoms with Gasteiger partial charge in [0, 0.05) is 0 Å². The molecule has 0 bridgehead atoms. The van der Waals surface area contributed by atoms with Crippen LogP contribution in [0, 0.1) is 12.7 Å². The van der Waals surface area contributed by atoms with E-state index in [1.807, 2.05) is 0 Å². The number of aldehydes is 1. The fraction of sp³-hybridized carbons (Fsp3) is 0.154. The zero-order valence-electron chi connectivity index (χ0n) is 9.49. The molecule has 88 valence electrons. The van der Waals surface area contributed by atoms with Crippen LogP contribution in [0.4, 0.5) is 4.39 Å². The molecule has 0 radical (unpaired) electrons. The minimum Gasteiger partial charge on any atom is -0.496 e. The fourth-order valence-electron chi connectivity index (χ4n) is 1.58. The van der Waals surface area contributed by atoms with Crippen molar-refractivity contribution in [1.82, 2.24) is 0 Å². The molecule has 0 atom stereocenters. The number of carbonyl (C=O) groups is 1. The van der Waals surface area contributed by atoms with Gasteiger partial charge in [-0.25, -0.2) is 4.39 Å². The lowest BCUT2D eigenvalue weighted by Gasteiger charge is -2.08. The third-order valence-electron chi connectivity index (χ3n) is 2.49. The van der Waals surface area contributed by atoms with E-state index in [2.05, 4.69) is 0 Å². The van der Waals surface area contributed by atoms with Gasteiger partial charge >= 0.3 is 0 Å². The van der Waals surface area contributed by atoms with E-state index in [9.17, 15) is 9.18 Å². The fourth-order valence-corrected chi connectivity index (χ4v) is 1.58. The molecule has 0 aliphatic heterocycles. The van der Waals surface area contributed by atoms with Crippen molar-refractivity contribution in [2.45, 2.75) is 6.92 Å². The number of aryl methyl sites for hydroxylation is 1. The van der Waals surface area contributed by atoms with Crippen LogP contribution in [0.2, 0.25) is 0 Å². The number of halogens is 1. The van der Waals surface area contributed by atoms with Crippen molar-refractivity contribution < 1.29 is 18.3 Å². The molecule has 1 aromatic carbocycles. The van der Waals surface area contributed by atoms with E-state index < -0.39 is 0 Å². The Hall–Kier alpha value is -2.10. The molecule has 4 heteroatoms. The van der Waals surface area contributed by atoms with Crippen molar-refractivity contribution in [3.63, 3.8) is 0 Å². The van der Waals surface area contributed by atoms with Gasteiger partial charge in [0.25, 0.3) is 0 Å². The lowest BCUT2D eigenvalue weighted by atomic mass is 10.1. The molecule has 0 spiro atoms. The predicted octanol–water partition coefficient (Wildman–Crippen LogP) is 3.22. The third-order valence-corrected chi connectivity index (χ3v) is 2.49. The van der Waals surface area contributed by atoms with E-state index in [-0.39, 0.29) is 11.6 Å². The summed E-state index contributed by atoms with van der Waals surface area (Å²) in [5.74, 6) is 0.770. The van der Waals surface area contributed by atoms with E-state index in [0.717, 1.165) is 0 Å². The number of hydrogen-bond acceptors (Lipinski definition) is 3. The quantitative estimate of drug-likeness (QED) is 0.765. The molecule has 17 heavy (non-hydrogen) atoms. The molecular weight excluding hydrogens is 223 g/mol. The van der Waals surface area contributed by atoms with Crippen LogP contribution < -0.4 is 4.74 Å². The van der Waals surface area contributed by atoms with Gasteiger partial charge in [-0.1, -0.05) is 0 Å². The number of benzene rings is 1. The Morgan fingerprint density at radius 3 is 2.71 bits per heavy atom. The summed E-state index contributed by atoms with van der Waals surface area (Å²) in [5.41, 5.74) is 0.983. The first-order valence-electron chi connectivity index (χ1n) is 5.05. The number of rotatable bonds is 3. The summed E-state index contributed by atoms with van der Waals surface area (Å²) in [6.45, 7) is 1.65. The van der Waals surface area contributed by atoms with Crippen molar-refractivity contribution in [3.05, 3.63) is 41.4 Å². The van der Waals surface area contributed by atoms with Crippen LogP contribution in [0.15, 0.2) is 28.7 Å². The van der Waals surface area contributed by atoms with E-state index in [1.165, 1.54) is 19.2 Å². The third kappa shape index (κ3) is 2.06. The Morgan fingerprint density at radius 2 is 2.12 bits per heavy atom. The Morgan fingerprint density at radius 1 is 1.35 bits per heavy atom. The smallest absolute Gasteiger partial charge is 0.185 e. The van der Waals surface area contributed by atoms with Gasteiger partial charge in [0.2, 0.25) is 0 Å². The second kappa shape index (κ2) is 4.41. The SMILES string of the molecule is COc1cc(C)c(F)cc1-c1ccc(C=O)o1. The first kappa shape index (κ1) is 11.4. The second-order valence-corrected chi connectivity index (χ2v) is 3.62. The molecular formula is C13H11FO3. The highest BCUT2D eigenvalue weighted by Crippen LogP contribution is 2.33.